The number of hydrogen-bond donors (Lipinski definition) is 2. The third-order valence-electron chi connectivity index (χ3n) is 2.44. The number of aliphatic hydroxyl groups is 1. The van der Waals surface area contributed by atoms with Crippen LogP contribution in [0, 0.1) is 11.8 Å². The number of nitrogens with one attached hydrogen (secondary N) is 1. The van der Waals surface area contributed by atoms with Crippen LogP contribution < -0.4 is 4.72 Å². The average Bonchev–Trinajstić information content (AvgIpc) is 2.37. The Morgan fingerprint density at radius 3 is 2.61 bits per heavy atom. The van der Waals surface area contributed by atoms with Crippen molar-refractivity contribution >= 4 is 15.7 Å². The summed E-state index contributed by atoms with van der Waals surface area (Å²) in [5.41, 5.74) is 2.24. The normalized spacial score (nSPS) is 10.6. The Morgan fingerprint density at radius 1 is 1.33 bits per heavy atom. The van der Waals surface area contributed by atoms with Crippen molar-refractivity contribution < 1.29 is 13.5 Å². The molecule has 0 heterocycles. The first-order chi connectivity index (χ1) is 8.52. The van der Waals surface area contributed by atoms with E-state index in [-0.39, 0.29) is 12.4 Å². The second-order valence-electron chi connectivity index (χ2n) is 3.69. The van der Waals surface area contributed by atoms with Crippen LogP contribution in [0.5, 0.6) is 0 Å². The SMILES string of the molecule is CCc1cc(C#CCO)ccc1NS(=O)(=O)CC. The van der Waals surface area contributed by atoms with Gasteiger partial charge in [-0.15, -0.1) is 0 Å². The van der Waals surface area contributed by atoms with Crippen molar-refractivity contribution in [2.75, 3.05) is 17.1 Å². The molecule has 0 aliphatic heterocycles. The van der Waals surface area contributed by atoms with Gasteiger partial charge in [0.1, 0.15) is 6.61 Å². The van der Waals surface area contributed by atoms with Gasteiger partial charge in [0.05, 0.1) is 11.4 Å². The molecule has 18 heavy (non-hydrogen) atoms. The van der Waals surface area contributed by atoms with Gasteiger partial charge in [0.15, 0.2) is 0 Å². The van der Waals surface area contributed by atoms with E-state index in [0.717, 1.165) is 11.1 Å². The molecule has 0 radical (unpaired) electrons. The van der Waals surface area contributed by atoms with Crippen LogP contribution in [0.1, 0.15) is 25.0 Å². The van der Waals surface area contributed by atoms with Gasteiger partial charge in [-0.05, 0) is 37.1 Å². The number of benzene rings is 1. The number of sulfonamides is 1. The maximum atomic E-state index is 11.5. The first-order valence-electron chi connectivity index (χ1n) is 5.75. The zero-order valence-electron chi connectivity index (χ0n) is 10.5. The minimum absolute atomic E-state index is 0.0439. The molecular formula is C13H17NO3S. The summed E-state index contributed by atoms with van der Waals surface area (Å²) in [5.74, 6) is 5.40. The third-order valence-corrected chi connectivity index (χ3v) is 3.73. The van der Waals surface area contributed by atoms with Crippen LogP contribution in [0.4, 0.5) is 5.69 Å². The first kappa shape index (κ1) is 14.6. The van der Waals surface area contributed by atoms with Gasteiger partial charge in [-0.3, -0.25) is 4.72 Å². The number of anilines is 1. The maximum absolute atomic E-state index is 11.5. The van der Waals surface area contributed by atoms with Crippen molar-refractivity contribution in [2.45, 2.75) is 20.3 Å². The van der Waals surface area contributed by atoms with Gasteiger partial charge in [0.25, 0.3) is 0 Å². The lowest BCUT2D eigenvalue weighted by atomic mass is 10.1. The maximum Gasteiger partial charge on any atom is 0.232 e. The van der Waals surface area contributed by atoms with Crippen LogP contribution in [0.25, 0.3) is 0 Å². The van der Waals surface area contributed by atoms with Crippen LogP contribution in [-0.4, -0.2) is 25.9 Å². The molecule has 98 valence electrons. The zero-order valence-corrected chi connectivity index (χ0v) is 11.3. The number of rotatable bonds is 4. The van der Waals surface area contributed by atoms with Gasteiger partial charge in [-0.25, -0.2) is 8.42 Å². The van der Waals surface area contributed by atoms with Crippen molar-refractivity contribution in [3.05, 3.63) is 29.3 Å². The molecule has 5 heteroatoms. The Kier molecular flexibility index (Phi) is 5.20. The van der Waals surface area contributed by atoms with E-state index < -0.39 is 10.0 Å². The molecule has 0 aromatic heterocycles. The Balaban J connectivity index is 3.08. The van der Waals surface area contributed by atoms with E-state index in [9.17, 15) is 8.42 Å². The molecular weight excluding hydrogens is 250 g/mol. The molecule has 0 aliphatic carbocycles. The summed E-state index contributed by atoms with van der Waals surface area (Å²) >= 11 is 0. The average molecular weight is 267 g/mol. The van der Waals surface area contributed by atoms with Crippen molar-refractivity contribution in [1.82, 2.24) is 0 Å². The van der Waals surface area contributed by atoms with E-state index in [0.29, 0.717) is 12.1 Å². The molecule has 1 rings (SSSR count). The second kappa shape index (κ2) is 6.43. The van der Waals surface area contributed by atoms with E-state index >= 15 is 0 Å². The summed E-state index contributed by atoms with van der Waals surface area (Å²) in [6.07, 6.45) is 0.705. The molecule has 0 saturated carbocycles. The minimum Gasteiger partial charge on any atom is -0.384 e. The third kappa shape index (κ3) is 4.06. The summed E-state index contributed by atoms with van der Waals surface area (Å²) < 4.78 is 25.6. The Hall–Kier alpha value is -1.51. The van der Waals surface area contributed by atoms with Gasteiger partial charge in [0.2, 0.25) is 10.0 Å². The molecule has 0 fully saturated rings. The quantitative estimate of drug-likeness (QED) is 0.809. The summed E-state index contributed by atoms with van der Waals surface area (Å²) in [6, 6.07) is 5.26. The Labute approximate surface area is 108 Å². The van der Waals surface area contributed by atoms with Crippen LogP contribution in [0.2, 0.25) is 0 Å². The van der Waals surface area contributed by atoms with Gasteiger partial charge in [-0.1, -0.05) is 18.8 Å². The van der Waals surface area contributed by atoms with Crippen molar-refractivity contribution in [1.29, 1.82) is 0 Å². The predicted octanol–water partition coefficient (Wildman–Crippen LogP) is 1.35. The predicted molar refractivity (Wildman–Crippen MR) is 72.9 cm³/mol. The molecule has 0 atom stereocenters. The fraction of sp³-hybridized carbons (Fsp3) is 0.385. The molecule has 0 spiro atoms. The first-order valence-corrected chi connectivity index (χ1v) is 7.40. The van der Waals surface area contributed by atoms with Crippen LogP contribution in [0.15, 0.2) is 18.2 Å². The van der Waals surface area contributed by atoms with E-state index in [1.54, 1.807) is 19.1 Å². The summed E-state index contributed by atoms with van der Waals surface area (Å²) in [4.78, 5) is 0. The topological polar surface area (TPSA) is 66.4 Å². The van der Waals surface area contributed by atoms with Crippen LogP contribution >= 0.6 is 0 Å². The van der Waals surface area contributed by atoms with Gasteiger partial charge in [0, 0.05) is 5.56 Å². The molecule has 0 amide bonds. The van der Waals surface area contributed by atoms with E-state index in [1.807, 2.05) is 13.0 Å². The summed E-state index contributed by atoms with van der Waals surface area (Å²) in [7, 11) is -3.26. The molecule has 0 saturated heterocycles. The lowest BCUT2D eigenvalue weighted by Gasteiger charge is -2.10. The van der Waals surface area contributed by atoms with Gasteiger partial charge in [-0.2, -0.15) is 0 Å². The largest absolute Gasteiger partial charge is 0.384 e. The standard InChI is InChI=1S/C13H17NO3S/c1-3-12-10-11(6-5-9-15)7-8-13(12)14-18(16,17)4-2/h7-8,10,14-15H,3-4,9H2,1-2H3. The van der Waals surface area contributed by atoms with Crippen molar-refractivity contribution in [3.8, 4) is 11.8 Å². The Morgan fingerprint density at radius 2 is 2.06 bits per heavy atom. The number of aliphatic hydroxyl groups excluding tert-OH is 1. The minimum atomic E-state index is -3.26. The number of aryl methyl sites for hydroxylation is 1. The molecule has 0 aliphatic rings. The molecule has 1 aromatic rings. The molecule has 0 unspecified atom stereocenters. The lowest BCUT2D eigenvalue weighted by molar-refractivity contribution is 0.350. The fourth-order valence-corrected chi connectivity index (χ4v) is 2.12. The van der Waals surface area contributed by atoms with Crippen LogP contribution in [0.3, 0.4) is 0 Å². The zero-order chi connectivity index (χ0) is 13.6. The van der Waals surface area contributed by atoms with E-state index in [4.69, 9.17) is 5.11 Å². The lowest BCUT2D eigenvalue weighted by Crippen LogP contribution is -2.15. The molecule has 0 bridgehead atoms. The summed E-state index contributed by atoms with van der Waals surface area (Å²) in [6.45, 7) is 3.35. The number of hydrogen-bond acceptors (Lipinski definition) is 3. The van der Waals surface area contributed by atoms with Gasteiger partial charge < -0.3 is 5.11 Å². The highest BCUT2D eigenvalue weighted by atomic mass is 32.2. The smallest absolute Gasteiger partial charge is 0.232 e. The van der Waals surface area contributed by atoms with Gasteiger partial charge >= 0.3 is 0 Å². The van der Waals surface area contributed by atoms with E-state index in [1.165, 1.54) is 0 Å². The second-order valence-corrected chi connectivity index (χ2v) is 5.70. The van der Waals surface area contributed by atoms with Crippen LogP contribution in [-0.2, 0) is 16.4 Å². The highest BCUT2D eigenvalue weighted by Crippen LogP contribution is 2.19. The summed E-state index contributed by atoms with van der Waals surface area (Å²) in [5, 5.41) is 8.63. The monoisotopic (exact) mass is 267 g/mol. The molecule has 2 N–H and O–H groups in total. The van der Waals surface area contributed by atoms with E-state index in [2.05, 4.69) is 16.6 Å². The highest BCUT2D eigenvalue weighted by molar-refractivity contribution is 7.92. The fourth-order valence-electron chi connectivity index (χ4n) is 1.44. The highest BCUT2D eigenvalue weighted by Gasteiger charge is 2.09. The van der Waals surface area contributed by atoms with Crippen molar-refractivity contribution in [3.63, 3.8) is 0 Å². The van der Waals surface area contributed by atoms with Crippen molar-refractivity contribution in [2.24, 2.45) is 0 Å². The molecule has 4 nitrogen and oxygen atoms in total. The Bertz CT molecular complexity index is 568. The molecule has 1 aromatic carbocycles.